The van der Waals surface area contributed by atoms with Crippen LogP contribution in [0, 0.1) is 5.82 Å². The Morgan fingerprint density at radius 1 is 1.10 bits per heavy atom. The zero-order valence-electron chi connectivity index (χ0n) is 11.1. The lowest BCUT2D eigenvalue weighted by Crippen LogP contribution is -2.27. The Balaban J connectivity index is 2.30. The van der Waals surface area contributed by atoms with E-state index in [9.17, 15) is 12.8 Å². The Labute approximate surface area is 140 Å². The zero-order valence-corrected chi connectivity index (χ0v) is 15.0. The Morgan fingerprint density at radius 2 is 1.76 bits per heavy atom. The molecule has 0 aromatic heterocycles. The molecule has 0 radical (unpaired) electrons. The highest BCUT2D eigenvalue weighted by atomic mass is 79.9. The van der Waals surface area contributed by atoms with Crippen molar-refractivity contribution in [3.05, 3.63) is 62.8 Å². The average Bonchev–Trinajstić information content (AvgIpc) is 2.38. The first kappa shape index (κ1) is 16.6. The van der Waals surface area contributed by atoms with Crippen LogP contribution in [0.5, 0.6) is 0 Å². The molecule has 0 unspecified atom stereocenters. The summed E-state index contributed by atoms with van der Waals surface area (Å²) in [5.41, 5.74) is 0.813. The van der Waals surface area contributed by atoms with Gasteiger partial charge in [-0.05, 0) is 35.9 Å². The lowest BCUT2D eigenvalue weighted by molar-refractivity contribution is 0.460. The van der Waals surface area contributed by atoms with Crippen molar-refractivity contribution in [3.63, 3.8) is 0 Å². The molecule has 0 saturated heterocycles. The van der Waals surface area contributed by atoms with Crippen molar-refractivity contribution < 1.29 is 12.8 Å². The van der Waals surface area contributed by atoms with E-state index in [1.165, 1.54) is 19.2 Å². The van der Waals surface area contributed by atoms with Gasteiger partial charge in [-0.3, -0.25) is 0 Å². The number of halogens is 3. The van der Waals surface area contributed by atoms with E-state index in [1.54, 1.807) is 0 Å². The quantitative estimate of drug-likeness (QED) is 0.721. The van der Waals surface area contributed by atoms with Gasteiger partial charge in [-0.2, -0.15) is 4.31 Å². The smallest absolute Gasteiger partial charge is 0.207 e. The van der Waals surface area contributed by atoms with Crippen LogP contribution in [0.4, 0.5) is 4.39 Å². The average molecular weight is 437 g/mol. The van der Waals surface area contributed by atoms with Crippen LogP contribution in [0.2, 0.25) is 0 Å². The van der Waals surface area contributed by atoms with E-state index in [1.807, 2.05) is 24.3 Å². The maximum atomic E-state index is 13.9. The van der Waals surface area contributed by atoms with Crippen LogP contribution in [0.25, 0.3) is 0 Å². The maximum Gasteiger partial charge on any atom is 0.246 e. The molecule has 0 amide bonds. The molecular weight excluding hydrogens is 425 g/mol. The van der Waals surface area contributed by atoms with Gasteiger partial charge in [0.05, 0.1) is 0 Å². The summed E-state index contributed by atoms with van der Waals surface area (Å²) in [7, 11) is -2.45. The van der Waals surface area contributed by atoms with Gasteiger partial charge in [0, 0.05) is 22.5 Å². The molecule has 3 nitrogen and oxygen atoms in total. The molecule has 112 valence electrons. The van der Waals surface area contributed by atoms with Crippen molar-refractivity contribution >= 4 is 41.9 Å². The highest BCUT2D eigenvalue weighted by molar-refractivity contribution is 9.10. The third kappa shape index (κ3) is 3.91. The van der Waals surface area contributed by atoms with Gasteiger partial charge < -0.3 is 0 Å². The molecule has 0 aliphatic carbocycles. The van der Waals surface area contributed by atoms with Crippen LogP contribution < -0.4 is 0 Å². The van der Waals surface area contributed by atoms with Crippen LogP contribution in [-0.4, -0.2) is 19.8 Å². The number of benzene rings is 2. The van der Waals surface area contributed by atoms with Gasteiger partial charge in [0.15, 0.2) is 0 Å². The van der Waals surface area contributed by atoms with E-state index in [2.05, 4.69) is 31.9 Å². The van der Waals surface area contributed by atoms with E-state index < -0.39 is 15.8 Å². The second-order valence-electron chi connectivity index (χ2n) is 4.47. The SMILES string of the molecule is CN(Cc1cccc(Br)c1)S(=O)(=O)c1ccc(Br)cc1F. The monoisotopic (exact) mass is 435 g/mol. The van der Waals surface area contributed by atoms with Crippen molar-refractivity contribution in [3.8, 4) is 0 Å². The Hall–Kier alpha value is -0.760. The van der Waals surface area contributed by atoms with Crippen molar-refractivity contribution in [1.82, 2.24) is 4.31 Å². The van der Waals surface area contributed by atoms with Crippen molar-refractivity contribution in [2.24, 2.45) is 0 Å². The van der Waals surface area contributed by atoms with Crippen molar-refractivity contribution in [1.29, 1.82) is 0 Å². The lowest BCUT2D eigenvalue weighted by Gasteiger charge is -2.18. The van der Waals surface area contributed by atoms with E-state index in [-0.39, 0.29) is 11.4 Å². The summed E-state index contributed by atoms with van der Waals surface area (Å²) < 4.78 is 41.2. The summed E-state index contributed by atoms with van der Waals surface area (Å²) in [5.74, 6) is -0.773. The molecule has 0 atom stereocenters. The molecule has 0 bridgehead atoms. The molecule has 0 spiro atoms. The summed E-state index contributed by atoms with van der Waals surface area (Å²) in [6.07, 6.45) is 0. The zero-order chi connectivity index (χ0) is 15.6. The van der Waals surface area contributed by atoms with Gasteiger partial charge in [-0.15, -0.1) is 0 Å². The summed E-state index contributed by atoms with van der Waals surface area (Å²) in [6, 6.07) is 11.2. The molecule has 2 aromatic rings. The number of hydrogen-bond donors (Lipinski definition) is 0. The molecule has 0 heterocycles. The summed E-state index contributed by atoms with van der Waals surface area (Å²) in [4.78, 5) is -0.330. The van der Waals surface area contributed by atoms with Gasteiger partial charge in [-0.1, -0.05) is 44.0 Å². The predicted molar refractivity (Wildman–Crippen MR) is 86.9 cm³/mol. The van der Waals surface area contributed by atoms with Gasteiger partial charge >= 0.3 is 0 Å². The molecule has 0 aliphatic heterocycles. The maximum absolute atomic E-state index is 13.9. The minimum atomic E-state index is -3.88. The Morgan fingerprint density at radius 3 is 2.38 bits per heavy atom. The lowest BCUT2D eigenvalue weighted by atomic mass is 10.2. The number of sulfonamides is 1. The first-order valence-corrected chi connectivity index (χ1v) is 8.99. The normalized spacial score (nSPS) is 11.9. The summed E-state index contributed by atoms with van der Waals surface area (Å²) in [6.45, 7) is 0.164. The standard InChI is InChI=1S/C14H12Br2FNO2S/c1-18(9-10-3-2-4-11(15)7-10)21(19,20)14-6-5-12(16)8-13(14)17/h2-8H,9H2,1H3. The van der Waals surface area contributed by atoms with Crippen LogP contribution in [-0.2, 0) is 16.6 Å². The van der Waals surface area contributed by atoms with Gasteiger partial charge in [0.1, 0.15) is 10.7 Å². The largest absolute Gasteiger partial charge is 0.246 e. The first-order valence-electron chi connectivity index (χ1n) is 5.96. The molecule has 21 heavy (non-hydrogen) atoms. The number of nitrogens with zero attached hydrogens (tertiary/aromatic N) is 1. The van der Waals surface area contributed by atoms with Gasteiger partial charge in [0.2, 0.25) is 10.0 Å². The van der Waals surface area contributed by atoms with Crippen molar-refractivity contribution in [2.45, 2.75) is 11.4 Å². The molecular formula is C14H12Br2FNO2S. The molecule has 2 aromatic carbocycles. The van der Waals surface area contributed by atoms with Crippen LogP contribution in [0.15, 0.2) is 56.3 Å². The Kier molecular flexibility index (Phi) is 5.19. The van der Waals surface area contributed by atoms with E-state index in [0.29, 0.717) is 4.47 Å². The third-order valence-corrected chi connectivity index (χ3v) is 5.70. The van der Waals surface area contributed by atoms with E-state index >= 15 is 0 Å². The van der Waals surface area contributed by atoms with E-state index in [4.69, 9.17) is 0 Å². The second-order valence-corrected chi connectivity index (χ2v) is 8.31. The molecule has 0 aliphatic rings. The topological polar surface area (TPSA) is 37.4 Å². The molecule has 0 N–H and O–H groups in total. The molecule has 2 rings (SSSR count). The minimum Gasteiger partial charge on any atom is -0.207 e. The highest BCUT2D eigenvalue weighted by Crippen LogP contribution is 2.23. The minimum absolute atomic E-state index is 0.164. The molecule has 0 fully saturated rings. The second kappa shape index (κ2) is 6.56. The summed E-state index contributed by atoms with van der Waals surface area (Å²) >= 11 is 6.44. The van der Waals surface area contributed by atoms with Crippen molar-refractivity contribution in [2.75, 3.05) is 7.05 Å². The molecule has 7 heteroatoms. The van der Waals surface area contributed by atoms with Gasteiger partial charge in [0.25, 0.3) is 0 Å². The van der Waals surface area contributed by atoms with Crippen LogP contribution in [0.1, 0.15) is 5.56 Å². The van der Waals surface area contributed by atoms with Crippen LogP contribution >= 0.6 is 31.9 Å². The first-order chi connectivity index (χ1) is 9.80. The number of hydrogen-bond acceptors (Lipinski definition) is 2. The fourth-order valence-corrected chi connectivity index (χ4v) is 3.81. The van der Waals surface area contributed by atoms with E-state index in [0.717, 1.165) is 20.4 Å². The van der Waals surface area contributed by atoms with Gasteiger partial charge in [-0.25, -0.2) is 12.8 Å². The number of rotatable bonds is 4. The fraction of sp³-hybridized carbons (Fsp3) is 0.143. The third-order valence-electron chi connectivity index (χ3n) is 2.88. The Bertz CT molecular complexity index is 765. The predicted octanol–water partition coefficient (Wildman–Crippen LogP) is 4.17. The fourth-order valence-electron chi connectivity index (χ4n) is 1.83. The highest BCUT2D eigenvalue weighted by Gasteiger charge is 2.24. The molecule has 0 saturated carbocycles. The van der Waals surface area contributed by atoms with Crippen LogP contribution in [0.3, 0.4) is 0 Å². The summed E-state index contributed by atoms with van der Waals surface area (Å²) in [5, 5.41) is 0.